The lowest BCUT2D eigenvalue weighted by Crippen LogP contribution is -2.41. The Kier molecular flexibility index (Phi) is 6.19. The van der Waals surface area contributed by atoms with Gasteiger partial charge in [-0.15, -0.1) is 0 Å². The molecule has 0 aliphatic carbocycles. The lowest BCUT2D eigenvalue weighted by molar-refractivity contribution is 0.157. The Morgan fingerprint density at radius 3 is 2.55 bits per heavy atom. The molecular formula is C13H24N2O4S. The van der Waals surface area contributed by atoms with Crippen molar-refractivity contribution in [2.24, 2.45) is 5.92 Å². The molecule has 1 heterocycles. The van der Waals surface area contributed by atoms with E-state index in [0.717, 1.165) is 0 Å². The molecule has 0 bridgehead atoms. The summed E-state index contributed by atoms with van der Waals surface area (Å²) in [6, 6.07) is 1.28. The zero-order valence-corrected chi connectivity index (χ0v) is 13.5. The molecule has 1 unspecified atom stereocenters. The van der Waals surface area contributed by atoms with Gasteiger partial charge in [-0.3, -0.25) is 0 Å². The van der Waals surface area contributed by atoms with E-state index in [0.29, 0.717) is 24.7 Å². The van der Waals surface area contributed by atoms with Gasteiger partial charge in [-0.05, 0) is 19.9 Å². The Balaban J connectivity index is 2.97. The maximum absolute atomic E-state index is 12.4. The minimum atomic E-state index is -3.61. The van der Waals surface area contributed by atoms with Crippen LogP contribution in [0.2, 0.25) is 0 Å². The lowest BCUT2D eigenvalue weighted by atomic mass is 10.1. The molecule has 7 heteroatoms. The SMILES string of the molecule is CNCc1cc(S(=O)(=O)NC(COC)C(C)C)c(C)o1. The summed E-state index contributed by atoms with van der Waals surface area (Å²) >= 11 is 0. The number of methoxy groups -OCH3 is 1. The van der Waals surface area contributed by atoms with Gasteiger partial charge in [0, 0.05) is 19.2 Å². The maximum Gasteiger partial charge on any atom is 0.244 e. The van der Waals surface area contributed by atoms with E-state index in [-0.39, 0.29) is 16.9 Å². The number of nitrogens with one attached hydrogen (secondary N) is 2. The third-order valence-electron chi connectivity index (χ3n) is 3.02. The molecule has 0 spiro atoms. The first-order chi connectivity index (χ1) is 9.31. The molecule has 20 heavy (non-hydrogen) atoms. The highest BCUT2D eigenvalue weighted by Crippen LogP contribution is 2.21. The molecule has 1 aromatic rings. The van der Waals surface area contributed by atoms with Gasteiger partial charge in [-0.1, -0.05) is 13.8 Å². The summed E-state index contributed by atoms with van der Waals surface area (Å²) in [5.41, 5.74) is 0. The summed E-state index contributed by atoms with van der Waals surface area (Å²) < 4.78 is 38.0. The average molecular weight is 304 g/mol. The molecule has 1 atom stereocenters. The van der Waals surface area contributed by atoms with Crippen molar-refractivity contribution in [3.05, 3.63) is 17.6 Å². The van der Waals surface area contributed by atoms with E-state index in [1.54, 1.807) is 27.1 Å². The van der Waals surface area contributed by atoms with Gasteiger partial charge in [-0.25, -0.2) is 13.1 Å². The summed E-state index contributed by atoms with van der Waals surface area (Å²) in [4.78, 5) is 0.185. The topological polar surface area (TPSA) is 80.6 Å². The molecule has 0 aromatic carbocycles. The standard InChI is InChI=1S/C13H24N2O4S/c1-9(2)12(8-18-5)15-20(16,17)13-6-11(7-14-4)19-10(13)3/h6,9,12,14-15H,7-8H2,1-5H3. The van der Waals surface area contributed by atoms with Gasteiger partial charge in [0.15, 0.2) is 0 Å². The maximum atomic E-state index is 12.4. The molecule has 0 radical (unpaired) electrons. The van der Waals surface area contributed by atoms with Crippen molar-refractivity contribution in [1.29, 1.82) is 0 Å². The fraction of sp³-hybridized carbons (Fsp3) is 0.692. The quantitative estimate of drug-likeness (QED) is 0.755. The first-order valence-corrected chi connectivity index (χ1v) is 8.05. The third kappa shape index (κ3) is 4.31. The summed E-state index contributed by atoms with van der Waals surface area (Å²) in [6.45, 7) is 6.36. The van der Waals surface area contributed by atoms with Crippen LogP contribution in [0.1, 0.15) is 25.4 Å². The number of sulfonamides is 1. The van der Waals surface area contributed by atoms with Crippen molar-refractivity contribution < 1.29 is 17.6 Å². The number of ether oxygens (including phenoxy) is 1. The fourth-order valence-electron chi connectivity index (χ4n) is 1.86. The van der Waals surface area contributed by atoms with Gasteiger partial charge in [0.1, 0.15) is 16.4 Å². The summed E-state index contributed by atoms with van der Waals surface area (Å²) in [5.74, 6) is 1.12. The molecule has 0 fully saturated rings. The van der Waals surface area contributed by atoms with Gasteiger partial charge in [0.25, 0.3) is 0 Å². The van der Waals surface area contributed by atoms with Crippen LogP contribution in [0.25, 0.3) is 0 Å². The molecular weight excluding hydrogens is 280 g/mol. The van der Waals surface area contributed by atoms with Crippen molar-refractivity contribution in [3.8, 4) is 0 Å². The van der Waals surface area contributed by atoms with Crippen LogP contribution in [0, 0.1) is 12.8 Å². The second kappa shape index (κ2) is 7.21. The molecule has 1 rings (SSSR count). The monoisotopic (exact) mass is 304 g/mol. The molecule has 0 saturated carbocycles. The van der Waals surface area contributed by atoms with Gasteiger partial charge in [-0.2, -0.15) is 0 Å². The van der Waals surface area contributed by atoms with Crippen LogP contribution >= 0.6 is 0 Å². The van der Waals surface area contributed by atoms with Gasteiger partial charge >= 0.3 is 0 Å². The third-order valence-corrected chi connectivity index (χ3v) is 4.62. The predicted octanol–water partition coefficient (Wildman–Crippen LogP) is 1.26. The smallest absolute Gasteiger partial charge is 0.244 e. The zero-order chi connectivity index (χ0) is 15.3. The van der Waals surface area contributed by atoms with Crippen LogP contribution in [-0.4, -0.2) is 35.2 Å². The number of aryl methyl sites for hydroxylation is 1. The van der Waals surface area contributed by atoms with E-state index in [1.165, 1.54) is 0 Å². The van der Waals surface area contributed by atoms with E-state index >= 15 is 0 Å². The first kappa shape index (κ1) is 17.2. The molecule has 0 aliphatic rings. The highest BCUT2D eigenvalue weighted by Gasteiger charge is 2.26. The van der Waals surface area contributed by atoms with Crippen molar-refractivity contribution in [2.45, 2.75) is 38.3 Å². The summed E-state index contributed by atoms with van der Waals surface area (Å²) in [6.07, 6.45) is 0. The first-order valence-electron chi connectivity index (χ1n) is 6.57. The summed E-state index contributed by atoms with van der Waals surface area (Å²) in [5, 5.41) is 2.93. The Labute approximate surface area is 120 Å². The molecule has 0 amide bonds. The Morgan fingerprint density at radius 1 is 1.40 bits per heavy atom. The largest absolute Gasteiger partial charge is 0.464 e. The molecule has 6 nitrogen and oxygen atoms in total. The predicted molar refractivity (Wildman–Crippen MR) is 77.0 cm³/mol. The van der Waals surface area contributed by atoms with E-state index in [4.69, 9.17) is 9.15 Å². The van der Waals surface area contributed by atoms with E-state index in [2.05, 4.69) is 10.0 Å². The number of hydrogen-bond donors (Lipinski definition) is 2. The lowest BCUT2D eigenvalue weighted by Gasteiger charge is -2.21. The Morgan fingerprint density at radius 2 is 2.05 bits per heavy atom. The zero-order valence-electron chi connectivity index (χ0n) is 12.7. The van der Waals surface area contributed by atoms with Gasteiger partial charge < -0.3 is 14.5 Å². The van der Waals surface area contributed by atoms with Crippen molar-refractivity contribution in [3.63, 3.8) is 0 Å². The minimum Gasteiger partial charge on any atom is -0.464 e. The molecule has 2 N–H and O–H groups in total. The van der Waals surface area contributed by atoms with E-state index in [9.17, 15) is 8.42 Å². The average Bonchev–Trinajstić information content (AvgIpc) is 2.71. The molecule has 116 valence electrons. The van der Waals surface area contributed by atoms with Crippen LogP contribution in [0.5, 0.6) is 0 Å². The second-order valence-electron chi connectivity index (χ2n) is 5.09. The molecule has 1 aromatic heterocycles. The van der Waals surface area contributed by atoms with Crippen molar-refractivity contribution in [2.75, 3.05) is 20.8 Å². The minimum absolute atomic E-state index is 0.133. The number of rotatable bonds is 8. The van der Waals surface area contributed by atoms with Crippen LogP contribution in [-0.2, 0) is 21.3 Å². The van der Waals surface area contributed by atoms with Crippen LogP contribution in [0.15, 0.2) is 15.4 Å². The molecule has 0 saturated heterocycles. The van der Waals surface area contributed by atoms with Gasteiger partial charge in [0.05, 0.1) is 13.2 Å². The van der Waals surface area contributed by atoms with Crippen LogP contribution < -0.4 is 10.0 Å². The van der Waals surface area contributed by atoms with Crippen LogP contribution in [0.4, 0.5) is 0 Å². The Bertz CT molecular complexity index is 522. The Hall–Kier alpha value is -0.890. The van der Waals surface area contributed by atoms with Crippen LogP contribution in [0.3, 0.4) is 0 Å². The van der Waals surface area contributed by atoms with Gasteiger partial charge in [0.2, 0.25) is 10.0 Å². The second-order valence-corrected chi connectivity index (χ2v) is 6.77. The summed E-state index contributed by atoms with van der Waals surface area (Å²) in [7, 11) is -0.278. The highest BCUT2D eigenvalue weighted by atomic mass is 32.2. The molecule has 0 aliphatic heterocycles. The number of furan rings is 1. The normalized spacial score (nSPS) is 13.9. The van der Waals surface area contributed by atoms with Crippen molar-refractivity contribution in [1.82, 2.24) is 10.0 Å². The number of hydrogen-bond acceptors (Lipinski definition) is 5. The van der Waals surface area contributed by atoms with E-state index in [1.807, 2.05) is 13.8 Å². The van der Waals surface area contributed by atoms with E-state index < -0.39 is 10.0 Å². The fourth-order valence-corrected chi connectivity index (χ4v) is 3.43. The highest BCUT2D eigenvalue weighted by molar-refractivity contribution is 7.89. The van der Waals surface area contributed by atoms with Crippen molar-refractivity contribution >= 4 is 10.0 Å².